The van der Waals surface area contributed by atoms with Gasteiger partial charge < -0.3 is 14.5 Å². The average Bonchev–Trinajstić information content (AvgIpc) is 2.55. The quantitative estimate of drug-likeness (QED) is 0.530. The maximum absolute atomic E-state index is 11.9. The lowest BCUT2D eigenvalue weighted by Gasteiger charge is -2.33. The van der Waals surface area contributed by atoms with Gasteiger partial charge in [-0.2, -0.15) is 0 Å². The van der Waals surface area contributed by atoms with Gasteiger partial charge in [-0.15, -0.1) is 0 Å². The Balaban J connectivity index is 0.000000289. The van der Waals surface area contributed by atoms with Crippen molar-refractivity contribution in [3.63, 3.8) is 0 Å². The van der Waals surface area contributed by atoms with Crippen LogP contribution >= 0.6 is 0 Å². The second kappa shape index (κ2) is 10.2. The fourth-order valence-electron chi connectivity index (χ4n) is 3.03. The molecule has 8 heteroatoms. The molecule has 0 aromatic heterocycles. The highest BCUT2D eigenvalue weighted by Gasteiger charge is 2.42. The number of rotatable bonds is 4. The molecule has 2 aliphatic heterocycles. The molecule has 152 valence electrons. The lowest BCUT2D eigenvalue weighted by Crippen LogP contribution is -2.52. The van der Waals surface area contributed by atoms with E-state index in [1.165, 1.54) is 0 Å². The fraction of sp³-hybridized carbons (Fsp3) is 0.737. The summed E-state index contributed by atoms with van der Waals surface area (Å²) in [5.41, 5.74) is 0. The van der Waals surface area contributed by atoms with Gasteiger partial charge in [0.15, 0.2) is 11.7 Å². The van der Waals surface area contributed by atoms with E-state index in [-0.39, 0.29) is 49.0 Å². The maximum atomic E-state index is 11.9. The Kier molecular flexibility index (Phi) is 8.59. The van der Waals surface area contributed by atoms with Gasteiger partial charge in [-0.05, 0) is 34.6 Å². The summed E-state index contributed by atoms with van der Waals surface area (Å²) in [5.74, 6) is -2.66. The molecule has 2 aliphatic rings. The molecule has 27 heavy (non-hydrogen) atoms. The Morgan fingerprint density at radius 2 is 1.56 bits per heavy atom. The lowest BCUT2D eigenvalue weighted by atomic mass is 9.94. The Hall–Kier alpha value is -2.25. The van der Waals surface area contributed by atoms with E-state index < -0.39 is 17.8 Å². The van der Waals surface area contributed by atoms with E-state index in [9.17, 15) is 24.0 Å². The Morgan fingerprint density at radius 3 is 2.04 bits per heavy atom. The average molecular weight is 382 g/mol. The van der Waals surface area contributed by atoms with E-state index in [1.54, 1.807) is 16.7 Å². The number of Topliss-reactive ketones (excluding diaryl/α,β-unsaturated/α-hetero) is 2. The molecule has 0 aliphatic carbocycles. The minimum Gasteiger partial charge on any atom is -0.465 e. The van der Waals surface area contributed by atoms with Gasteiger partial charge in [0.25, 0.3) is 0 Å². The molecule has 8 nitrogen and oxygen atoms in total. The van der Waals surface area contributed by atoms with Crippen molar-refractivity contribution in [1.82, 2.24) is 9.80 Å². The van der Waals surface area contributed by atoms with Crippen LogP contribution in [0.2, 0.25) is 0 Å². The molecule has 2 fully saturated rings. The van der Waals surface area contributed by atoms with Crippen LogP contribution in [0.25, 0.3) is 0 Å². The number of hydrogen-bond acceptors (Lipinski definition) is 6. The van der Waals surface area contributed by atoms with Gasteiger partial charge in [0, 0.05) is 38.0 Å². The summed E-state index contributed by atoms with van der Waals surface area (Å²) in [6.07, 6.45) is 0.871. The van der Waals surface area contributed by atoms with E-state index in [0.29, 0.717) is 19.5 Å². The normalized spacial score (nSPS) is 20.8. The third kappa shape index (κ3) is 6.15. The first-order chi connectivity index (χ1) is 12.6. The standard InChI is InChI=1S/C11H17NO4.C8H13NO2/c1-4-16-11(15)9-8(13)5-6-12(7(2)3)10(9)14;1-6(2)9-4-3-7(10)5-8(9)11/h7,9H,4-6H2,1-3H3;6H,3-5H2,1-2H3. The molecule has 0 radical (unpaired) electrons. The Morgan fingerprint density at radius 1 is 1.00 bits per heavy atom. The number of carbonyl (C=O) groups excluding carboxylic acids is 5. The number of piperidine rings is 2. The monoisotopic (exact) mass is 382 g/mol. The van der Waals surface area contributed by atoms with Crippen LogP contribution < -0.4 is 0 Å². The number of amides is 2. The second-order valence-electron chi connectivity index (χ2n) is 7.17. The molecule has 0 spiro atoms. The van der Waals surface area contributed by atoms with Crippen molar-refractivity contribution < 1.29 is 28.7 Å². The summed E-state index contributed by atoms with van der Waals surface area (Å²) in [5, 5.41) is 0. The third-order valence-corrected chi connectivity index (χ3v) is 4.52. The number of hydrogen-bond donors (Lipinski definition) is 0. The summed E-state index contributed by atoms with van der Waals surface area (Å²) in [4.78, 5) is 60.2. The minimum atomic E-state index is -1.24. The highest BCUT2D eigenvalue weighted by Crippen LogP contribution is 2.18. The van der Waals surface area contributed by atoms with Crippen LogP contribution in [0.15, 0.2) is 0 Å². The zero-order chi connectivity index (χ0) is 20.7. The maximum Gasteiger partial charge on any atom is 0.326 e. The van der Waals surface area contributed by atoms with Crippen molar-refractivity contribution in [3.05, 3.63) is 0 Å². The van der Waals surface area contributed by atoms with Gasteiger partial charge in [-0.25, -0.2) is 0 Å². The highest BCUT2D eigenvalue weighted by atomic mass is 16.5. The SMILES string of the molecule is CC(C)N1CCC(=O)CC1=O.CCOC(=O)C1C(=O)CCN(C(C)C)C1=O. The van der Waals surface area contributed by atoms with Crippen LogP contribution in [0.4, 0.5) is 0 Å². The van der Waals surface area contributed by atoms with Gasteiger partial charge in [-0.3, -0.25) is 24.0 Å². The number of ketones is 2. The van der Waals surface area contributed by atoms with Crippen LogP contribution in [-0.2, 0) is 28.7 Å². The zero-order valence-electron chi connectivity index (χ0n) is 16.8. The van der Waals surface area contributed by atoms with Crippen molar-refractivity contribution in [1.29, 1.82) is 0 Å². The van der Waals surface area contributed by atoms with Crippen molar-refractivity contribution in [2.75, 3.05) is 19.7 Å². The molecule has 1 unspecified atom stereocenters. The topological polar surface area (TPSA) is 101 Å². The minimum absolute atomic E-state index is 0.00229. The highest BCUT2D eigenvalue weighted by molar-refractivity contribution is 6.17. The first kappa shape index (κ1) is 22.8. The van der Waals surface area contributed by atoms with Crippen LogP contribution in [-0.4, -0.2) is 70.9 Å². The summed E-state index contributed by atoms with van der Waals surface area (Å²) >= 11 is 0. The van der Waals surface area contributed by atoms with Gasteiger partial charge in [-0.1, -0.05) is 0 Å². The first-order valence-corrected chi connectivity index (χ1v) is 9.41. The van der Waals surface area contributed by atoms with Gasteiger partial charge >= 0.3 is 5.97 Å². The third-order valence-electron chi connectivity index (χ3n) is 4.52. The number of ether oxygens (including phenoxy) is 1. The summed E-state index contributed by atoms with van der Waals surface area (Å²) < 4.78 is 4.74. The zero-order valence-corrected chi connectivity index (χ0v) is 16.8. The van der Waals surface area contributed by atoms with E-state index in [0.717, 1.165) is 0 Å². The molecule has 0 aromatic carbocycles. The van der Waals surface area contributed by atoms with E-state index in [1.807, 2.05) is 27.7 Å². The largest absolute Gasteiger partial charge is 0.465 e. The van der Waals surface area contributed by atoms with E-state index in [4.69, 9.17) is 4.74 Å². The Labute approximate surface area is 160 Å². The Bertz CT molecular complexity index is 599. The fourth-order valence-corrected chi connectivity index (χ4v) is 3.03. The molecular formula is C19H30N2O6. The summed E-state index contributed by atoms with van der Waals surface area (Å²) in [6.45, 7) is 10.5. The number of carbonyl (C=O) groups is 5. The molecule has 0 bridgehead atoms. The van der Waals surface area contributed by atoms with Gasteiger partial charge in [0.05, 0.1) is 13.0 Å². The van der Waals surface area contributed by atoms with Crippen LogP contribution in [0.3, 0.4) is 0 Å². The van der Waals surface area contributed by atoms with Crippen molar-refractivity contribution in [2.45, 2.75) is 66.0 Å². The van der Waals surface area contributed by atoms with E-state index >= 15 is 0 Å². The lowest BCUT2D eigenvalue weighted by molar-refractivity contribution is -0.162. The molecule has 2 rings (SSSR count). The molecule has 2 saturated heterocycles. The number of likely N-dealkylation sites (tertiary alicyclic amines) is 2. The second-order valence-corrected chi connectivity index (χ2v) is 7.17. The molecule has 1 atom stereocenters. The predicted octanol–water partition coefficient (Wildman–Crippen LogP) is 0.962. The van der Waals surface area contributed by atoms with Gasteiger partial charge in [0.2, 0.25) is 11.8 Å². The van der Waals surface area contributed by atoms with Crippen molar-refractivity contribution >= 4 is 29.4 Å². The smallest absolute Gasteiger partial charge is 0.326 e. The summed E-state index contributed by atoms with van der Waals surface area (Å²) in [6, 6.07) is 0.230. The number of nitrogens with zero attached hydrogens (tertiary/aromatic N) is 2. The first-order valence-electron chi connectivity index (χ1n) is 9.41. The van der Waals surface area contributed by atoms with Crippen LogP contribution in [0.5, 0.6) is 0 Å². The van der Waals surface area contributed by atoms with Crippen molar-refractivity contribution in [3.8, 4) is 0 Å². The predicted molar refractivity (Wildman–Crippen MR) is 97.7 cm³/mol. The van der Waals surface area contributed by atoms with Crippen LogP contribution in [0, 0.1) is 5.92 Å². The molecule has 0 N–H and O–H groups in total. The van der Waals surface area contributed by atoms with Gasteiger partial charge in [0.1, 0.15) is 5.78 Å². The molecule has 0 saturated carbocycles. The van der Waals surface area contributed by atoms with Crippen molar-refractivity contribution in [2.24, 2.45) is 5.92 Å². The number of esters is 1. The molecule has 0 aromatic rings. The van der Waals surface area contributed by atoms with Crippen LogP contribution in [0.1, 0.15) is 53.9 Å². The molecule has 2 amide bonds. The van der Waals surface area contributed by atoms with E-state index in [2.05, 4.69) is 0 Å². The summed E-state index contributed by atoms with van der Waals surface area (Å²) in [7, 11) is 0. The molecular weight excluding hydrogens is 352 g/mol. The molecule has 2 heterocycles.